The van der Waals surface area contributed by atoms with Crippen molar-refractivity contribution in [3.8, 4) is 0 Å². The van der Waals surface area contributed by atoms with Gasteiger partial charge in [0.05, 0.1) is 18.5 Å². The zero-order valence-electron chi connectivity index (χ0n) is 10.6. The molecule has 0 aromatic carbocycles. The zero-order chi connectivity index (χ0) is 13.8. The third kappa shape index (κ3) is 3.16. The Morgan fingerprint density at radius 2 is 2.32 bits per heavy atom. The molecule has 0 fully saturated rings. The predicted octanol–water partition coefficient (Wildman–Crippen LogP) is 0.284. The maximum atomic E-state index is 11.0. The first-order chi connectivity index (χ1) is 9.13. The summed E-state index contributed by atoms with van der Waals surface area (Å²) in [6.45, 7) is 3.30. The average molecular weight is 280 g/mol. The van der Waals surface area contributed by atoms with Gasteiger partial charge in [-0.05, 0) is 18.0 Å². The molecule has 0 radical (unpaired) electrons. The van der Waals surface area contributed by atoms with Gasteiger partial charge in [0.1, 0.15) is 10.7 Å². The van der Waals surface area contributed by atoms with Crippen molar-refractivity contribution in [1.29, 1.82) is 0 Å². The van der Waals surface area contributed by atoms with Crippen LogP contribution in [-0.2, 0) is 11.3 Å². The van der Waals surface area contributed by atoms with Crippen LogP contribution in [0.2, 0.25) is 0 Å². The molecule has 5 N–H and O–H groups in total. The van der Waals surface area contributed by atoms with Crippen LogP contribution in [-0.4, -0.2) is 33.9 Å². The first kappa shape index (κ1) is 13.7. The van der Waals surface area contributed by atoms with Crippen LogP contribution in [0.4, 0.5) is 5.82 Å². The number of anilines is 1. The van der Waals surface area contributed by atoms with Crippen molar-refractivity contribution in [3.63, 3.8) is 0 Å². The number of likely N-dealkylation sites (N-methyl/N-ethyl adjacent to an activating group) is 1. The Bertz CT molecular complexity index is 584. The molecular weight excluding hydrogens is 264 g/mol. The number of nitrogens with zero attached hydrogens (tertiary/aromatic N) is 3. The highest BCUT2D eigenvalue weighted by atomic mass is 32.1. The van der Waals surface area contributed by atoms with E-state index in [1.807, 2.05) is 23.3 Å². The van der Waals surface area contributed by atoms with Crippen LogP contribution in [0, 0.1) is 0 Å². The quantitative estimate of drug-likeness (QED) is 0.518. The highest BCUT2D eigenvalue weighted by molar-refractivity contribution is 7.16. The lowest BCUT2D eigenvalue weighted by Crippen LogP contribution is -2.33. The summed E-state index contributed by atoms with van der Waals surface area (Å²) in [6.07, 6.45) is 0. The largest absolute Gasteiger partial charge is 0.369 e. The maximum absolute atomic E-state index is 11.0. The Morgan fingerprint density at radius 1 is 1.53 bits per heavy atom. The van der Waals surface area contributed by atoms with Gasteiger partial charge in [0.2, 0.25) is 5.91 Å². The number of fused-ring (bicyclic) bond motifs is 1. The molecule has 19 heavy (non-hydrogen) atoms. The maximum Gasteiger partial charge on any atom is 0.231 e. The average Bonchev–Trinajstić information content (AvgIpc) is 2.84. The number of nitrogens with one attached hydrogen (secondary N) is 1. The Kier molecular flexibility index (Phi) is 4.25. The van der Waals surface area contributed by atoms with Gasteiger partial charge in [-0.25, -0.2) is 15.8 Å². The second-order valence-corrected chi connectivity index (χ2v) is 4.94. The first-order valence-electron chi connectivity index (χ1n) is 5.85. The highest BCUT2D eigenvalue weighted by Crippen LogP contribution is 2.24. The van der Waals surface area contributed by atoms with E-state index in [2.05, 4.69) is 15.4 Å². The molecule has 2 heterocycles. The molecule has 0 aliphatic rings. The standard InChI is InChI=1S/C11H16N6OS/c1-2-17(5-8(12)18)6-9-14-10(16-13)7-3-4-19-11(7)15-9/h3-4H,2,5-6,13H2,1H3,(H2,12,18)(H,14,15,16). The van der Waals surface area contributed by atoms with E-state index in [1.54, 1.807) is 0 Å². The van der Waals surface area contributed by atoms with Gasteiger partial charge >= 0.3 is 0 Å². The number of thiophene rings is 1. The number of hydrogen-bond donors (Lipinski definition) is 3. The van der Waals surface area contributed by atoms with E-state index >= 15 is 0 Å². The van der Waals surface area contributed by atoms with Crippen molar-refractivity contribution < 1.29 is 4.79 Å². The van der Waals surface area contributed by atoms with Crippen molar-refractivity contribution in [3.05, 3.63) is 17.3 Å². The molecule has 0 spiro atoms. The van der Waals surface area contributed by atoms with E-state index in [0.29, 0.717) is 24.7 Å². The first-order valence-corrected chi connectivity index (χ1v) is 6.73. The van der Waals surface area contributed by atoms with E-state index < -0.39 is 0 Å². The van der Waals surface area contributed by atoms with Gasteiger partial charge in [-0.15, -0.1) is 11.3 Å². The van der Waals surface area contributed by atoms with E-state index in [1.165, 1.54) is 11.3 Å². The summed E-state index contributed by atoms with van der Waals surface area (Å²) >= 11 is 1.52. The number of amides is 1. The van der Waals surface area contributed by atoms with E-state index in [9.17, 15) is 4.79 Å². The van der Waals surface area contributed by atoms with E-state index in [4.69, 9.17) is 11.6 Å². The molecule has 0 saturated heterocycles. The number of nitrogens with two attached hydrogens (primary N) is 2. The van der Waals surface area contributed by atoms with Crippen molar-refractivity contribution in [2.45, 2.75) is 13.5 Å². The third-order valence-corrected chi connectivity index (χ3v) is 3.51. The fourth-order valence-corrected chi connectivity index (χ4v) is 2.56. The number of carbonyl (C=O) groups is 1. The number of carbonyl (C=O) groups excluding carboxylic acids is 1. The van der Waals surface area contributed by atoms with Gasteiger partial charge in [-0.1, -0.05) is 6.92 Å². The van der Waals surface area contributed by atoms with Gasteiger partial charge < -0.3 is 11.2 Å². The van der Waals surface area contributed by atoms with Crippen molar-refractivity contribution in [2.24, 2.45) is 11.6 Å². The molecule has 1 amide bonds. The summed E-state index contributed by atoms with van der Waals surface area (Å²) in [7, 11) is 0. The van der Waals surface area contributed by atoms with Gasteiger partial charge in [-0.3, -0.25) is 9.69 Å². The highest BCUT2D eigenvalue weighted by Gasteiger charge is 2.12. The molecule has 0 atom stereocenters. The summed E-state index contributed by atoms with van der Waals surface area (Å²) in [5.41, 5.74) is 7.77. The normalized spacial score (nSPS) is 11.1. The second kappa shape index (κ2) is 5.91. The van der Waals surface area contributed by atoms with Crippen molar-refractivity contribution in [2.75, 3.05) is 18.5 Å². The van der Waals surface area contributed by atoms with Gasteiger partial charge in [0.25, 0.3) is 0 Å². The van der Waals surface area contributed by atoms with Crippen LogP contribution in [0.15, 0.2) is 11.4 Å². The lowest BCUT2D eigenvalue weighted by molar-refractivity contribution is -0.119. The van der Waals surface area contributed by atoms with Crippen molar-refractivity contribution >= 4 is 33.3 Å². The minimum atomic E-state index is -0.365. The van der Waals surface area contributed by atoms with Crippen LogP contribution < -0.4 is 17.0 Å². The SMILES string of the molecule is CCN(CC(N)=O)Cc1nc(NN)c2ccsc2n1. The molecular formula is C11H16N6OS. The number of hydrazine groups is 1. The second-order valence-electron chi connectivity index (χ2n) is 4.04. The molecule has 0 saturated carbocycles. The molecule has 2 aromatic heterocycles. The Balaban J connectivity index is 2.26. The Labute approximate surface area is 114 Å². The Hall–Kier alpha value is -1.77. The molecule has 0 aliphatic carbocycles. The molecule has 0 aliphatic heterocycles. The minimum absolute atomic E-state index is 0.188. The number of rotatable bonds is 6. The molecule has 2 aromatic rings. The number of aromatic nitrogens is 2. The van der Waals surface area contributed by atoms with Gasteiger partial charge in [0.15, 0.2) is 5.82 Å². The fraction of sp³-hybridized carbons (Fsp3) is 0.364. The van der Waals surface area contributed by atoms with Crippen LogP contribution in [0.1, 0.15) is 12.7 Å². The number of primary amides is 1. The zero-order valence-corrected chi connectivity index (χ0v) is 11.4. The monoisotopic (exact) mass is 280 g/mol. The summed E-state index contributed by atoms with van der Waals surface area (Å²) in [6, 6.07) is 1.92. The predicted molar refractivity (Wildman–Crippen MR) is 75.4 cm³/mol. The smallest absolute Gasteiger partial charge is 0.231 e. The minimum Gasteiger partial charge on any atom is -0.369 e. The lowest BCUT2D eigenvalue weighted by atomic mass is 10.3. The van der Waals surface area contributed by atoms with E-state index in [0.717, 1.165) is 10.2 Å². The van der Waals surface area contributed by atoms with Crippen LogP contribution in [0.5, 0.6) is 0 Å². The topological polar surface area (TPSA) is 110 Å². The fourth-order valence-electron chi connectivity index (χ4n) is 1.78. The summed E-state index contributed by atoms with van der Waals surface area (Å²) in [4.78, 5) is 22.5. The van der Waals surface area contributed by atoms with Crippen LogP contribution in [0.25, 0.3) is 10.2 Å². The van der Waals surface area contributed by atoms with Crippen LogP contribution >= 0.6 is 11.3 Å². The molecule has 0 unspecified atom stereocenters. The number of hydrogen-bond acceptors (Lipinski definition) is 7. The summed E-state index contributed by atoms with van der Waals surface area (Å²) < 4.78 is 0. The van der Waals surface area contributed by atoms with Crippen LogP contribution in [0.3, 0.4) is 0 Å². The number of nitrogen functional groups attached to an aromatic ring is 1. The van der Waals surface area contributed by atoms with Gasteiger partial charge in [0, 0.05) is 0 Å². The molecule has 8 heteroatoms. The molecule has 2 rings (SSSR count). The van der Waals surface area contributed by atoms with Crippen molar-refractivity contribution in [1.82, 2.24) is 14.9 Å². The molecule has 102 valence electrons. The van der Waals surface area contributed by atoms with Gasteiger partial charge in [-0.2, -0.15) is 0 Å². The van der Waals surface area contributed by atoms with E-state index in [-0.39, 0.29) is 12.5 Å². The lowest BCUT2D eigenvalue weighted by Gasteiger charge is -2.17. The third-order valence-electron chi connectivity index (χ3n) is 2.70. The summed E-state index contributed by atoms with van der Waals surface area (Å²) in [5.74, 6) is 6.31. The Morgan fingerprint density at radius 3 is 2.95 bits per heavy atom. The molecule has 7 nitrogen and oxygen atoms in total. The molecule has 0 bridgehead atoms. The summed E-state index contributed by atoms with van der Waals surface area (Å²) in [5, 5.41) is 2.83.